The van der Waals surface area contributed by atoms with Gasteiger partial charge in [0, 0.05) is 21.5 Å². The van der Waals surface area contributed by atoms with E-state index in [1.807, 2.05) is 36.4 Å². The average Bonchev–Trinajstić information content (AvgIpc) is 2.46. The number of ether oxygens (including phenoxy) is 1. The Kier molecular flexibility index (Phi) is 3.14. The summed E-state index contributed by atoms with van der Waals surface area (Å²) in [6.07, 6.45) is 0. The fourth-order valence-corrected chi connectivity index (χ4v) is 2.59. The fourth-order valence-electron chi connectivity index (χ4n) is 2.35. The molecule has 19 heavy (non-hydrogen) atoms. The average molecular weight is 269 g/mol. The van der Waals surface area contributed by atoms with E-state index in [-0.39, 0.29) is 0 Å². The van der Waals surface area contributed by atoms with Crippen LogP contribution >= 0.6 is 11.6 Å². The van der Waals surface area contributed by atoms with E-state index >= 15 is 0 Å². The number of hydrogen-bond acceptors (Lipinski definition) is 1. The summed E-state index contributed by atoms with van der Waals surface area (Å²) < 4.78 is 5.61. The zero-order valence-electron chi connectivity index (χ0n) is 10.6. The molecule has 3 aromatic rings. The monoisotopic (exact) mass is 268 g/mol. The van der Waals surface area contributed by atoms with Gasteiger partial charge in [0.1, 0.15) is 5.75 Å². The number of fused-ring (bicyclic) bond motifs is 1. The van der Waals surface area contributed by atoms with Crippen LogP contribution in [0, 0.1) is 0 Å². The molecule has 0 radical (unpaired) electrons. The van der Waals surface area contributed by atoms with Crippen molar-refractivity contribution in [3.8, 4) is 16.9 Å². The third-order valence-electron chi connectivity index (χ3n) is 3.25. The lowest BCUT2D eigenvalue weighted by Gasteiger charge is -2.13. The second-order valence-corrected chi connectivity index (χ2v) is 4.75. The standard InChI is InChI=1S/C17H13ClO/c1-19-17-13-7-3-2-6-12(13)10-11-15(17)14-8-4-5-9-16(14)18/h2-11H,1H3. The molecule has 1 nitrogen and oxygen atoms in total. The first-order valence-electron chi connectivity index (χ1n) is 6.12. The summed E-state index contributed by atoms with van der Waals surface area (Å²) in [6, 6.07) is 20.1. The maximum atomic E-state index is 6.28. The molecule has 0 atom stereocenters. The topological polar surface area (TPSA) is 9.23 Å². The molecule has 0 heterocycles. The number of rotatable bonds is 2. The molecule has 0 N–H and O–H groups in total. The van der Waals surface area contributed by atoms with Crippen molar-refractivity contribution in [3.05, 3.63) is 65.7 Å². The lowest BCUT2D eigenvalue weighted by Crippen LogP contribution is -1.90. The molecule has 94 valence electrons. The SMILES string of the molecule is COc1c(-c2ccccc2Cl)ccc2ccccc12. The van der Waals surface area contributed by atoms with Crippen LogP contribution in [0.5, 0.6) is 5.75 Å². The van der Waals surface area contributed by atoms with Gasteiger partial charge in [-0.15, -0.1) is 0 Å². The molecule has 0 fully saturated rings. The largest absolute Gasteiger partial charge is 0.495 e. The van der Waals surface area contributed by atoms with E-state index in [2.05, 4.69) is 24.3 Å². The first kappa shape index (κ1) is 12.1. The van der Waals surface area contributed by atoms with E-state index in [4.69, 9.17) is 16.3 Å². The number of methoxy groups -OCH3 is 1. The molecular weight excluding hydrogens is 256 g/mol. The van der Waals surface area contributed by atoms with Crippen LogP contribution in [0.25, 0.3) is 21.9 Å². The van der Waals surface area contributed by atoms with E-state index in [1.54, 1.807) is 7.11 Å². The highest BCUT2D eigenvalue weighted by Crippen LogP contribution is 2.39. The highest BCUT2D eigenvalue weighted by atomic mass is 35.5. The van der Waals surface area contributed by atoms with Gasteiger partial charge in [-0.25, -0.2) is 0 Å². The van der Waals surface area contributed by atoms with E-state index < -0.39 is 0 Å². The van der Waals surface area contributed by atoms with Crippen LogP contribution in [0.4, 0.5) is 0 Å². The van der Waals surface area contributed by atoms with E-state index in [0.29, 0.717) is 0 Å². The Labute approximate surface area is 117 Å². The van der Waals surface area contributed by atoms with Gasteiger partial charge >= 0.3 is 0 Å². The molecule has 3 rings (SSSR count). The van der Waals surface area contributed by atoms with Crippen LogP contribution in [0.1, 0.15) is 0 Å². The molecule has 0 aromatic heterocycles. The van der Waals surface area contributed by atoms with Crippen molar-refractivity contribution in [1.82, 2.24) is 0 Å². The summed E-state index contributed by atoms with van der Waals surface area (Å²) in [7, 11) is 1.70. The minimum absolute atomic E-state index is 0.732. The lowest BCUT2D eigenvalue weighted by molar-refractivity contribution is 0.421. The molecule has 0 unspecified atom stereocenters. The van der Waals surface area contributed by atoms with Crippen molar-refractivity contribution in [2.45, 2.75) is 0 Å². The van der Waals surface area contributed by atoms with Gasteiger partial charge in [-0.1, -0.05) is 60.1 Å². The van der Waals surface area contributed by atoms with Gasteiger partial charge in [0.05, 0.1) is 7.11 Å². The Hall–Kier alpha value is -1.99. The third-order valence-corrected chi connectivity index (χ3v) is 3.58. The van der Waals surface area contributed by atoms with Crippen molar-refractivity contribution in [1.29, 1.82) is 0 Å². The van der Waals surface area contributed by atoms with Gasteiger partial charge in [-0.2, -0.15) is 0 Å². The Morgan fingerprint density at radius 3 is 2.32 bits per heavy atom. The molecule has 0 aliphatic heterocycles. The van der Waals surface area contributed by atoms with Gasteiger partial charge in [-0.05, 0) is 17.5 Å². The second kappa shape index (κ2) is 4.94. The Morgan fingerprint density at radius 2 is 1.53 bits per heavy atom. The van der Waals surface area contributed by atoms with Gasteiger partial charge in [-0.3, -0.25) is 0 Å². The number of hydrogen-bond donors (Lipinski definition) is 0. The zero-order chi connectivity index (χ0) is 13.2. The van der Waals surface area contributed by atoms with Gasteiger partial charge in [0.15, 0.2) is 0 Å². The lowest BCUT2D eigenvalue weighted by atomic mass is 9.99. The number of benzene rings is 3. The molecule has 0 bridgehead atoms. The Balaban J connectivity index is 2.33. The summed E-state index contributed by atoms with van der Waals surface area (Å²) in [5.74, 6) is 0.867. The van der Waals surface area contributed by atoms with Gasteiger partial charge in [0.25, 0.3) is 0 Å². The van der Waals surface area contributed by atoms with Crippen LogP contribution in [0.15, 0.2) is 60.7 Å². The maximum Gasteiger partial charge on any atom is 0.134 e. The molecule has 3 aromatic carbocycles. The van der Waals surface area contributed by atoms with Crippen LogP contribution in [0.3, 0.4) is 0 Å². The van der Waals surface area contributed by atoms with E-state index in [1.165, 1.54) is 0 Å². The fraction of sp³-hybridized carbons (Fsp3) is 0.0588. The van der Waals surface area contributed by atoms with Crippen molar-refractivity contribution in [2.24, 2.45) is 0 Å². The van der Waals surface area contributed by atoms with Crippen molar-refractivity contribution >= 4 is 22.4 Å². The molecule has 0 saturated carbocycles. The molecule has 0 saturated heterocycles. The highest BCUT2D eigenvalue weighted by Gasteiger charge is 2.11. The smallest absolute Gasteiger partial charge is 0.134 e. The van der Waals surface area contributed by atoms with Crippen LogP contribution in [0.2, 0.25) is 5.02 Å². The summed E-state index contributed by atoms with van der Waals surface area (Å²) >= 11 is 6.28. The normalized spacial score (nSPS) is 10.6. The molecule has 2 heteroatoms. The maximum absolute atomic E-state index is 6.28. The zero-order valence-corrected chi connectivity index (χ0v) is 11.3. The molecule has 0 amide bonds. The predicted octanol–water partition coefficient (Wildman–Crippen LogP) is 5.17. The Bertz CT molecular complexity index is 734. The molecule has 0 aliphatic rings. The minimum atomic E-state index is 0.732. The second-order valence-electron chi connectivity index (χ2n) is 4.35. The van der Waals surface area contributed by atoms with Crippen LogP contribution in [-0.2, 0) is 0 Å². The van der Waals surface area contributed by atoms with Crippen molar-refractivity contribution in [2.75, 3.05) is 7.11 Å². The van der Waals surface area contributed by atoms with Gasteiger partial charge < -0.3 is 4.74 Å². The van der Waals surface area contributed by atoms with E-state index in [0.717, 1.165) is 32.7 Å². The molecule has 0 aliphatic carbocycles. The summed E-state index contributed by atoms with van der Waals surface area (Å²) in [6.45, 7) is 0. The molecular formula is C17H13ClO. The van der Waals surface area contributed by atoms with Gasteiger partial charge in [0.2, 0.25) is 0 Å². The first-order valence-corrected chi connectivity index (χ1v) is 6.49. The Morgan fingerprint density at radius 1 is 0.789 bits per heavy atom. The summed E-state index contributed by atoms with van der Waals surface area (Å²) in [5.41, 5.74) is 2.01. The van der Waals surface area contributed by atoms with Crippen molar-refractivity contribution in [3.63, 3.8) is 0 Å². The quantitative estimate of drug-likeness (QED) is 0.623. The third kappa shape index (κ3) is 2.06. The van der Waals surface area contributed by atoms with Crippen molar-refractivity contribution < 1.29 is 4.74 Å². The highest BCUT2D eigenvalue weighted by molar-refractivity contribution is 6.33. The van der Waals surface area contributed by atoms with Crippen LogP contribution < -0.4 is 4.74 Å². The first-order chi connectivity index (χ1) is 9.31. The van der Waals surface area contributed by atoms with Crippen LogP contribution in [-0.4, -0.2) is 7.11 Å². The molecule has 0 spiro atoms. The number of halogens is 1. The summed E-state index contributed by atoms with van der Waals surface area (Å²) in [5, 5.41) is 2.99. The minimum Gasteiger partial charge on any atom is -0.495 e. The predicted molar refractivity (Wildman–Crippen MR) is 80.9 cm³/mol. The summed E-state index contributed by atoms with van der Waals surface area (Å²) in [4.78, 5) is 0. The van der Waals surface area contributed by atoms with E-state index in [9.17, 15) is 0 Å².